The maximum absolute atomic E-state index is 12.3. The van der Waals surface area contributed by atoms with E-state index in [0.717, 1.165) is 24.0 Å². The molecule has 1 amide bonds. The molecule has 0 aliphatic heterocycles. The molecule has 0 atom stereocenters. The highest BCUT2D eigenvalue weighted by molar-refractivity contribution is 7.99. The minimum Gasteiger partial charge on any atom is -0.324 e. The predicted octanol–water partition coefficient (Wildman–Crippen LogP) is 3.79. The lowest BCUT2D eigenvalue weighted by Gasteiger charge is -2.12. The summed E-state index contributed by atoms with van der Waals surface area (Å²) in [4.78, 5) is 12.3. The van der Waals surface area contributed by atoms with Gasteiger partial charge in [0.25, 0.3) is 0 Å². The van der Waals surface area contributed by atoms with E-state index in [2.05, 4.69) is 20.8 Å². The number of hydrogen-bond acceptors (Lipinski definition) is 5. The average molecular weight is 366 g/mol. The topological polar surface area (TPSA) is 72.7 Å². The van der Waals surface area contributed by atoms with Crippen LogP contribution in [-0.4, -0.2) is 31.9 Å². The Morgan fingerprint density at radius 3 is 2.83 bits per heavy atom. The Labute approximate surface area is 150 Å². The van der Waals surface area contributed by atoms with Crippen LogP contribution in [0.1, 0.15) is 42.9 Å². The molecule has 1 N–H and O–H groups in total. The molecule has 0 saturated heterocycles. The first-order chi connectivity index (χ1) is 11.5. The van der Waals surface area contributed by atoms with Crippen LogP contribution in [-0.2, 0) is 4.79 Å². The van der Waals surface area contributed by atoms with Gasteiger partial charge in [0.1, 0.15) is 0 Å². The number of nitrogens with one attached hydrogen (secondary N) is 1. The third kappa shape index (κ3) is 3.89. The molecule has 0 unspecified atom stereocenters. The molecule has 8 heteroatoms. The predicted molar refractivity (Wildman–Crippen MR) is 95.6 cm³/mol. The molecule has 1 aliphatic carbocycles. The first kappa shape index (κ1) is 17.2. The number of tetrazole rings is 1. The normalized spacial score (nSPS) is 15.0. The lowest BCUT2D eigenvalue weighted by molar-refractivity contribution is -0.113. The molecular formula is C16H20ClN5OS. The zero-order valence-electron chi connectivity index (χ0n) is 13.8. The summed E-state index contributed by atoms with van der Waals surface area (Å²) in [6, 6.07) is 4.20. The number of benzene rings is 1. The summed E-state index contributed by atoms with van der Waals surface area (Å²) in [5, 5.41) is 16.0. The third-order valence-electron chi connectivity index (χ3n) is 4.16. The van der Waals surface area contributed by atoms with Crippen molar-refractivity contribution >= 4 is 35.0 Å². The molecule has 1 saturated carbocycles. The number of anilines is 1. The van der Waals surface area contributed by atoms with Gasteiger partial charge in [-0.1, -0.05) is 42.3 Å². The summed E-state index contributed by atoms with van der Waals surface area (Å²) >= 11 is 7.59. The first-order valence-electron chi connectivity index (χ1n) is 8.02. The summed E-state index contributed by atoms with van der Waals surface area (Å²) in [6.45, 7) is 3.91. The van der Waals surface area contributed by atoms with Crippen molar-refractivity contribution in [3.63, 3.8) is 0 Å². The Hall–Kier alpha value is -1.60. The molecule has 2 aromatic rings. The van der Waals surface area contributed by atoms with Gasteiger partial charge in [-0.25, -0.2) is 4.68 Å². The molecule has 128 valence electrons. The van der Waals surface area contributed by atoms with Crippen LogP contribution >= 0.6 is 23.4 Å². The number of rotatable bonds is 5. The van der Waals surface area contributed by atoms with E-state index in [9.17, 15) is 4.79 Å². The molecule has 3 rings (SSSR count). The number of halogens is 1. The van der Waals surface area contributed by atoms with Crippen molar-refractivity contribution in [3.05, 3.63) is 28.3 Å². The smallest absolute Gasteiger partial charge is 0.234 e. The van der Waals surface area contributed by atoms with E-state index in [4.69, 9.17) is 11.6 Å². The van der Waals surface area contributed by atoms with Crippen LogP contribution < -0.4 is 5.32 Å². The SMILES string of the molecule is Cc1cc(C)c(NC(=O)CSc2nnnn2C2CCCC2)c(Cl)c1. The second-order valence-electron chi connectivity index (χ2n) is 6.12. The highest BCUT2D eigenvalue weighted by atomic mass is 35.5. The molecule has 0 bridgehead atoms. The second-order valence-corrected chi connectivity index (χ2v) is 7.47. The summed E-state index contributed by atoms with van der Waals surface area (Å²) in [7, 11) is 0. The Kier molecular flexibility index (Phi) is 5.40. The molecule has 1 aromatic carbocycles. The van der Waals surface area contributed by atoms with Gasteiger partial charge in [0.15, 0.2) is 0 Å². The van der Waals surface area contributed by atoms with E-state index in [0.29, 0.717) is 21.9 Å². The van der Waals surface area contributed by atoms with Crippen molar-refractivity contribution in [1.29, 1.82) is 0 Å². The van der Waals surface area contributed by atoms with Crippen LogP contribution in [0.3, 0.4) is 0 Å². The van der Waals surface area contributed by atoms with E-state index in [-0.39, 0.29) is 11.7 Å². The molecule has 1 aliphatic rings. The maximum Gasteiger partial charge on any atom is 0.234 e. The number of nitrogens with zero attached hydrogens (tertiary/aromatic N) is 4. The summed E-state index contributed by atoms with van der Waals surface area (Å²) < 4.78 is 1.86. The van der Waals surface area contributed by atoms with E-state index in [1.807, 2.05) is 30.7 Å². The van der Waals surface area contributed by atoms with E-state index in [1.54, 1.807) is 0 Å². The second kappa shape index (κ2) is 7.53. The molecular weight excluding hydrogens is 346 g/mol. The van der Waals surface area contributed by atoms with Crippen LogP contribution in [0.25, 0.3) is 0 Å². The number of carbonyl (C=O) groups is 1. The monoisotopic (exact) mass is 365 g/mol. The van der Waals surface area contributed by atoms with Gasteiger partial charge in [0, 0.05) is 0 Å². The van der Waals surface area contributed by atoms with Gasteiger partial charge in [0.05, 0.1) is 22.5 Å². The maximum atomic E-state index is 12.3. The Bertz CT molecular complexity index is 719. The van der Waals surface area contributed by atoms with Crippen LogP contribution in [0.15, 0.2) is 17.3 Å². The number of aromatic nitrogens is 4. The summed E-state index contributed by atoms with van der Waals surface area (Å²) in [5.41, 5.74) is 2.69. The summed E-state index contributed by atoms with van der Waals surface area (Å²) in [6.07, 6.45) is 4.62. The van der Waals surface area contributed by atoms with Crippen LogP contribution in [0.5, 0.6) is 0 Å². The van der Waals surface area contributed by atoms with E-state index < -0.39 is 0 Å². The Morgan fingerprint density at radius 1 is 1.38 bits per heavy atom. The minimum absolute atomic E-state index is 0.116. The van der Waals surface area contributed by atoms with Gasteiger partial charge in [-0.3, -0.25) is 4.79 Å². The van der Waals surface area contributed by atoms with Crippen molar-refractivity contribution in [1.82, 2.24) is 20.2 Å². The number of amides is 1. The number of carbonyl (C=O) groups excluding carboxylic acids is 1. The highest BCUT2D eigenvalue weighted by Crippen LogP contribution is 2.32. The highest BCUT2D eigenvalue weighted by Gasteiger charge is 2.22. The molecule has 6 nitrogen and oxygen atoms in total. The van der Waals surface area contributed by atoms with Crippen molar-refractivity contribution in [2.75, 3.05) is 11.1 Å². The molecule has 24 heavy (non-hydrogen) atoms. The fourth-order valence-electron chi connectivity index (χ4n) is 3.04. The molecule has 1 heterocycles. The van der Waals surface area contributed by atoms with E-state index >= 15 is 0 Å². The van der Waals surface area contributed by atoms with Gasteiger partial charge >= 0.3 is 0 Å². The number of thioether (sulfide) groups is 1. The van der Waals surface area contributed by atoms with Crippen LogP contribution in [0.2, 0.25) is 5.02 Å². The minimum atomic E-state index is -0.116. The van der Waals surface area contributed by atoms with Crippen molar-refractivity contribution in [2.45, 2.75) is 50.7 Å². The van der Waals surface area contributed by atoms with Crippen molar-refractivity contribution in [3.8, 4) is 0 Å². The van der Waals surface area contributed by atoms with E-state index in [1.165, 1.54) is 24.6 Å². The average Bonchev–Trinajstić information content (AvgIpc) is 3.19. The lowest BCUT2D eigenvalue weighted by Crippen LogP contribution is -2.16. The number of aryl methyl sites for hydroxylation is 2. The molecule has 0 radical (unpaired) electrons. The fraction of sp³-hybridized carbons (Fsp3) is 0.500. The number of hydrogen-bond donors (Lipinski definition) is 1. The first-order valence-corrected chi connectivity index (χ1v) is 9.38. The molecule has 1 aromatic heterocycles. The van der Waals surface area contributed by atoms with Crippen molar-refractivity contribution < 1.29 is 4.79 Å². The Balaban J connectivity index is 1.62. The van der Waals surface area contributed by atoms with Crippen LogP contribution in [0.4, 0.5) is 5.69 Å². The fourth-order valence-corrected chi connectivity index (χ4v) is 4.15. The van der Waals surface area contributed by atoms with Crippen LogP contribution in [0, 0.1) is 13.8 Å². The largest absolute Gasteiger partial charge is 0.324 e. The van der Waals surface area contributed by atoms with Gasteiger partial charge in [-0.05, 0) is 54.3 Å². The van der Waals surface area contributed by atoms with Gasteiger partial charge in [0.2, 0.25) is 11.1 Å². The summed E-state index contributed by atoms with van der Waals surface area (Å²) in [5.74, 6) is 0.131. The van der Waals surface area contributed by atoms with Gasteiger partial charge in [-0.15, -0.1) is 5.10 Å². The molecule has 1 fully saturated rings. The van der Waals surface area contributed by atoms with Crippen molar-refractivity contribution in [2.24, 2.45) is 0 Å². The zero-order chi connectivity index (χ0) is 17.1. The standard InChI is InChI=1S/C16H20ClN5OS/c1-10-7-11(2)15(13(17)8-10)18-14(23)9-24-16-19-20-21-22(16)12-5-3-4-6-12/h7-8,12H,3-6,9H2,1-2H3,(H,18,23). The quantitative estimate of drug-likeness (QED) is 0.816. The molecule has 0 spiro atoms. The van der Waals surface area contributed by atoms with Gasteiger partial charge < -0.3 is 5.32 Å². The third-order valence-corrected chi connectivity index (χ3v) is 5.39. The zero-order valence-corrected chi connectivity index (χ0v) is 15.3. The Morgan fingerprint density at radius 2 is 2.12 bits per heavy atom. The lowest BCUT2D eigenvalue weighted by atomic mass is 10.1. The van der Waals surface area contributed by atoms with Gasteiger partial charge in [-0.2, -0.15) is 0 Å².